The molecular weight excluding hydrogens is 267 g/mol. The first-order valence-corrected chi connectivity index (χ1v) is 6.62. The van der Waals surface area contributed by atoms with Gasteiger partial charge in [-0.1, -0.05) is 11.8 Å². The number of carboxylic acids is 1. The highest BCUT2D eigenvalue weighted by molar-refractivity contribution is 7.99. The summed E-state index contributed by atoms with van der Waals surface area (Å²) in [6.45, 7) is 3.65. The van der Waals surface area contributed by atoms with Gasteiger partial charge in [-0.25, -0.2) is 9.37 Å². The fourth-order valence-electron chi connectivity index (χ4n) is 1.80. The smallest absolute Gasteiger partial charge is 0.313 e. The summed E-state index contributed by atoms with van der Waals surface area (Å²) >= 11 is 1.11. The van der Waals surface area contributed by atoms with Crippen molar-refractivity contribution >= 4 is 17.7 Å². The summed E-state index contributed by atoms with van der Waals surface area (Å²) in [5, 5.41) is 9.26. The first kappa shape index (κ1) is 13.6. The fourth-order valence-corrected chi connectivity index (χ4v) is 2.56. The van der Waals surface area contributed by atoms with E-state index in [1.54, 1.807) is 10.8 Å². The van der Waals surface area contributed by atoms with Crippen LogP contribution < -0.4 is 0 Å². The zero-order valence-electron chi connectivity index (χ0n) is 10.6. The Morgan fingerprint density at radius 2 is 2.16 bits per heavy atom. The topological polar surface area (TPSA) is 55.1 Å². The minimum Gasteiger partial charge on any atom is -0.481 e. The maximum absolute atomic E-state index is 13.5. The second-order valence-corrected chi connectivity index (χ2v) is 5.13. The van der Waals surface area contributed by atoms with E-state index >= 15 is 0 Å². The second-order valence-electron chi connectivity index (χ2n) is 4.19. The molecule has 0 spiro atoms. The third kappa shape index (κ3) is 3.14. The number of hydrogen-bond donors (Lipinski definition) is 1. The van der Waals surface area contributed by atoms with Crippen LogP contribution in [0.3, 0.4) is 0 Å². The van der Waals surface area contributed by atoms with Crippen molar-refractivity contribution in [2.24, 2.45) is 0 Å². The number of aryl methyl sites for hydroxylation is 2. The van der Waals surface area contributed by atoms with Gasteiger partial charge >= 0.3 is 5.97 Å². The first-order valence-electron chi connectivity index (χ1n) is 5.64. The van der Waals surface area contributed by atoms with Crippen LogP contribution in [-0.4, -0.2) is 26.4 Å². The highest BCUT2D eigenvalue weighted by atomic mass is 32.2. The summed E-state index contributed by atoms with van der Waals surface area (Å²) in [4.78, 5) is 14.8. The summed E-state index contributed by atoms with van der Waals surface area (Å²) in [6, 6.07) is 4.69. The van der Waals surface area contributed by atoms with Crippen LogP contribution in [0.4, 0.5) is 4.39 Å². The van der Waals surface area contributed by atoms with Crippen molar-refractivity contribution in [3.8, 4) is 5.69 Å². The Hall–Kier alpha value is -1.82. The minimum atomic E-state index is -0.910. The number of thioether (sulfide) groups is 1. The van der Waals surface area contributed by atoms with Crippen molar-refractivity contribution in [1.29, 1.82) is 0 Å². The van der Waals surface area contributed by atoms with Gasteiger partial charge < -0.3 is 5.11 Å². The molecular formula is C13H13FN2O2S. The monoisotopic (exact) mass is 280 g/mol. The second kappa shape index (κ2) is 5.44. The van der Waals surface area contributed by atoms with E-state index in [0.29, 0.717) is 10.8 Å². The van der Waals surface area contributed by atoms with E-state index in [4.69, 9.17) is 5.11 Å². The van der Waals surface area contributed by atoms with Crippen LogP contribution in [0.1, 0.15) is 11.3 Å². The number of imidazole rings is 1. The first-order chi connectivity index (χ1) is 8.97. The molecule has 100 valence electrons. The van der Waals surface area contributed by atoms with Crippen molar-refractivity contribution in [3.05, 3.63) is 41.5 Å². The Morgan fingerprint density at radius 1 is 1.42 bits per heavy atom. The largest absolute Gasteiger partial charge is 0.481 e. The lowest BCUT2D eigenvalue weighted by Gasteiger charge is -2.10. The molecule has 4 nitrogen and oxygen atoms in total. The van der Waals surface area contributed by atoms with Gasteiger partial charge in [0.1, 0.15) is 5.82 Å². The number of aromatic nitrogens is 2. The van der Waals surface area contributed by atoms with Crippen LogP contribution in [0.15, 0.2) is 29.6 Å². The Labute approximate surface area is 114 Å². The SMILES string of the molecule is Cc1cc(F)cc(-n2c(C)cnc2SCC(=O)O)c1. The zero-order valence-corrected chi connectivity index (χ0v) is 11.4. The molecule has 19 heavy (non-hydrogen) atoms. The molecule has 6 heteroatoms. The number of halogens is 1. The molecule has 0 bridgehead atoms. The summed E-state index contributed by atoms with van der Waals surface area (Å²) in [7, 11) is 0. The number of rotatable bonds is 4. The third-order valence-electron chi connectivity index (χ3n) is 2.52. The van der Waals surface area contributed by atoms with Gasteiger partial charge in [0.2, 0.25) is 0 Å². The van der Waals surface area contributed by atoms with Gasteiger partial charge in [0, 0.05) is 11.9 Å². The lowest BCUT2D eigenvalue weighted by Crippen LogP contribution is -2.03. The van der Waals surface area contributed by atoms with Crippen LogP contribution in [0.2, 0.25) is 0 Å². The molecule has 1 heterocycles. The van der Waals surface area contributed by atoms with E-state index in [0.717, 1.165) is 23.0 Å². The van der Waals surface area contributed by atoms with Gasteiger partial charge in [-0.2, -0.15) is 0 Å². The number of carboxylic acid groups (broad SMARTS) is 1. The quantitative estimate of drug-likeness (QED) is 0.875. The molecule has 0 radical (unpaired) electrons. The molecule has 0 amide bonds. The van der Waals surface area contributed by atoms with Crippen molar-refractivity contribution in [3.63, 3.8) is 0 Å². The van der Waals surface area contributed by atoms with Gasteiger partial charge in [0.05, 0.1) is 11.4 Å². The van der Waals surface area contributed by atoms with Crippen molar-refractivity contribution < 1.29 is 14.3 Å². The van der Waals surface area contributed by atoms with E-state index in [2.05, 4.69) is 4.98 Å². The molecule has 1 aromatic carbocycles. The number of aliphatic carboxylic acids is 1. The molecule has 2 aromatic rings. The highest BCUT2D eigenvalue weighted by Crippen LogP contribution is 2.24. The Balaban J connectivity index is 2.43. The minimum absolute atomic E-state index is 0.0786. The molecule has 0 saturated carbocycles. The van der Waals surface area contributed by atoms with Gasteiger partial charge in [0.25, 0.3) is 0 Å². The standard InChI is InChI=1S/C13H13FN2O2S/c1-8-3-10(14)5-11(4-8)16-9(2)6-15-13(16)19-7-12(17)18/h3-6H,7H2,1-2H3,(H,17,18). The predicted octanol–water partition coefficient (Wildman–Crippen LogP) is 2.80. The van der Waals surface area contributed by atoms with Gasteiger partial charge in [0.15, 0.2) is 5.16 Å². The third-order valence-corrected chi connectivity index (χ3v) is 3.45. The summed E-state index contributed by atoms with van der Waals surface area (Å²) < 4.78 is 15.2. The fraction of sp³-hybridized carbons (Fsp3) is 0.231. The highest BCUT2D eigenvalue weighted by Gasteiger charge is 2.12. The van der Waals surface area contributed by atoms with Gasteiger partial charge in [-0.15, -0.1) is 0 Å². The average Bonchev–Trinajstić information content (AvgIpc) is 2.66. The molecule has 2 rings (SSSR count). The van der Waals surface area contributed by atoms with Gasteiger partial charge in [-0.05, 0) is 37.6 Å². The molecule has 0 atom stereocenters. The molecule has 0 aliphatic heterocycles. The van der Waals surface area contributed by atoms with Crippen LogP contribution in [0.5, 0.6) is 0 Å². The molecule has 1 N–H and O–H groups in total. The number of hydrogen-bond acceptors (Lipinski definition) is 3. The van der Waals surface area contributed by atoms with E-state index in [1.807, 2.05) is 19.9 Å². The van der Waals surface area contributed by atoms with Crippen LogP contribution in [0.25, 0.3) is 5.69 Å². The van der Waals surface area contributed by atoms with Crippen LogP contribution in [-0.2, 0) is 4.79 Å². The van der Waals surface area contributed by atoms with Gasteiger partial charge in [-0.3, -0.25) is 9.36 Å². The Kier molecular flexibility index (Phi) is 3.90. The van der Waals surface area contributed by atoms with Crippen molar-refractivity contribution in [2.45, 2.75) is 19.0 Å². The Morgan fingerprint density at radius 3 is 2.79 bits per heavy atom. The number of nitrogens with zero attached hydrogens (tertiary/aromatic N) is 2. The molecule has 0 unspecified atom stereocenters. The zero-order chi connectivity index (χ0) is 14.0. The van der Waals surface area contributed by atoms with Crippen molar-refractivity contribution in [2.75, 3.05) is 5.75 Å². The van der Waals surface area contributed by atoms with E-state index in [1.165, 1.54) is 12.1 Å². The van der Waals surface area contributed by atoms with E-state index in [9.17, 15) is 9.18 Å². The number of benzene rings is 1. The molecule has 1 aromatic heterocycles. The van der Waals surface area contributed by atoms with E-state index < -0.39 is 5.97 Å². The Bertz CT molecular complexity index is 605. The molecule has 0 aliphatic carbocycles. The maximum atomic E-state index is 13.5. The summed E-state index contributed by atoms with van der Waals surface area (Å²) in [5.41, 5.74) is 2.29. The normalized spacial score (nSPS) is 10.7. The molecule has 0 aliphatic rings. The predicted molar refractivity (Wildman–Crippen MR) is 71.4 cm³/mol. The van der Waals surface area contributed by atoms with Crippen LogP contribution >= 0.6 is 11.8 Å². The van der Waals surface area contributed by atoms with Crippen LogP contribution in [0, 0.1) is 19.7 Å². The molecule has 0 fully saturated rings. The molecule has 0 saturated heterocycles. The lowest BCUT2D eigenvalue weighted by molar-refractivity contribution is -0.133. The van der Waals surface area contributed by atoms with Crippen molar-refractivity contribution in [1.82, 2.24) is 9.55 Å². The van der Waals surface area contributed by atoms with E-state index in [-0.39, 0.29) is 11.6 Å². The summed E-state index contributed by atoms with van der Waals surface area (Å²) in [5.74, 6) is -1.31. The average molecular weight is 280 g/mol. The summed E-state index contributed by atoms with van der Waals surface area (Å²) in [6.07, 6.45) is 1.64. The number of carbonyl (C=O) groups is 1. The maximum Gasteiger partial charge on any atom is 0.313 e. The lowest BCUT2D eigenvalue weighted by atomic mass is 10.2.